The van der Waals surface area contributed by atoms with Crippen molar-refractivity contribution in [1.82, 2.24) is 9.97 Å². The molecular weight excluding hydrogens is 411 g/mol. The molecule has 0 amide bonds. The van der Waals surface area contributed by atoms with Crippen molar-refractivity contribution >= 4 is 36.8 Å². The Labute approximate surface area is 164 Å². The zero-order valence-electron chi connectivity index (χ0n) is 15.1. The Kier molecular flexibility index (Phi) is 6.37. The first kappa shape index (κ1) is 18.4. The molecule has 4 rings (SSSR count). The van der Waals surface area contributed by atoms with Gasteiger partial charge in [-0.1, -0.05) is 0 Å². The summed E-state index contributed by atoms with van der Waals surface area (Å²) in [6.45, 7) is 3.59. The van der Waals surface area contributed by atoms with E-state index in [1.807, 2.05) is 24.3 Å². The van der Waals surface area contributed by atoms with E-state index in [0.717, 1.165) is 45.7 Å². The van der Waals surface area contributed by atoms with Gasteiger partial charge in [0.2, 0.25) is 0 Å². The van der Waals surface area contributed by atoms with Crippen LogP contribution in [0, 0.1) is 0 Å². The van der Waals surface area contributed by atoms with E-state index >= 15 is 0 Å². The molecule has 0 unspecified atom stereocenters. The number of benzene rings is 1. The van der Waals surface area contributed by atoms with Crippen LogP contribution in [0.15, 0.2) is 36.7 Å². The zero-order chi connectivity index (χ0) is 18.3. The Balaban J connectivity index is 1.75. The molecule has 0 fully saturated rings. The maximum absolute atomic E-state index is 6.13. The molecule has 3 heterocycles. The van der Waals surface area contributed by atoms with Gasteiger partial charge in [-0.05, 0) is 0 Å². The van der Waals surface area contributed by atoms with Gasteiger partial charge >= 0.3 is 164 Å². The van der Waals surface area contributed by atoms with Crippen LogP contribution in [0.3, 0.4) is 0 Å². The van der Waals surface area contributed by atoms with Crippen LogP contribution in [0.4, 0.5) is 0 Å². The molecule has 2 aromatic heterocycles. The summed E-state index contributed by atoms with van der Waals surface area (Å²) in [7, 11) is 0. The summed E-state index contributed by atoms with van der Waals surface area (Å²) in [5.74, 6) is 1.39. The molecule has 0 atom stereocenters. The third kappa shape index (κ3) is 4.33. The molecule has 0 spiro atoms. The predicted octanol–water partition coefficient (Wildman–Crippen LogP) is 3.13. The fourth-order valence-electron chi connectivity index (χ4n) is 3.03. The van der Waals surface area contributed by atoms with Crippen molar-refractivity contribution in [1.29, 1.82) is 0 Å². The molecule has 1 aromatic carbocycles. The quantitative estimate of drug-likeness (QED) is 0.401. The van der Waals surface area contributed by atoms with Crippen molar-refractivity contribution in [3.8, 4) is 11.5 Å². The molecule has 1 aliphatic heterocycles. The molecule has 0 aliphatic carbocycles. The van der Waals surface area contributed by atoms with Crippen LogP contribution in [0.5, 0.6) is 11.5 Å². The normalized spacial score (nSPS) is 17.3. The number of aromatic nitrogens is 2. The van der Waals surface area contributed by atoms with E-state index in [0.29, 0.717) is 52.9 Å². The molecule has 0 saturated heterocycles. The van der Waals surface area contributed by atoms with Crippen LogP contribution in [-0.2, 0) is 9.47 Å². The van der Waals surface area contributed by atoms with Gasteiger partial charge in [-0.3, -0.25) is 0 Å². The number of ether oxygens (including phenoxy) is 4. The van der Waals surface area contributed by atoms with Gasteiger partial charge in [0.25, 0.3) is 0 Å². The number of rotatable bonds is 0. The standard InChI is InChI=1S/C20H22N2O4Se/c1-3-15-17(21-5-1)18-16(4-2-6-22-18)20-19(15)25-9-7-23-11-13-27-14-12-24-8-10-26-20/h1-6H,7-14H2. The van der Waals surface area contributed by atoms with Crippen LogP contribution < -0.4 is 9.47 Å². The van der Waals surface area contributed by atoms with Gasteiger partial charge in [0.05, 0.1) is 0 Å². The Hall–Kier alpha value is -1.92. The van der Waals surface area contributed by atoms with E-state index in [2.05, 4.69) is 9.97 Å². The molecule has 142 valence electrons. The van der Waals surface area contributed by atoms with Gasteiger partial charge in [-0.15, -0.1) is 0 Å². The van der Waals surface area contributed by atoms with E-state index in [-0.39, 0.29) is 0 Å². The summed E-state index contributed by atoms with van der Waals surface area (Å²) in [6, 6.07) is 7.79. The second-order valence-electron chi connectivity index (χ2n) is 5.99. The molecule has 1 aliphatic rings. The van der Waals surface area contributed by atoms with E-state index < -0.39 is 0 Å². The van der Waals surface area contributed by atoms with Crippen molar-refractivity contribution in [3.63, 3.8) is 0 Å². The molecule has 0 N–H and O–H groups in total. The predicted molar refractivity (Wildman–Crippen MR) is 105 cm³/mol. The van der Waals surface area contributed by atoms with Gasteiger partial charge in [-0.25, -0.2) is 0 Å². The fraction of sp³-hybridized carbons (Fsp3) is 0.400. The third-order valence-corrected chi connectivity index (χ3v) is 6.14. The Morgan fingerprint density at radius 3 is 1.70 bits per heavy atom. The van der Waals surface area contributed by atoms with Gasteiger partial charge in [-0.2, -0.15) is 0 Å². The number of hydrogen-bond acceptors (Lipinski definition) is 6. The molecule has 0 bridgehead atoms. The summed E-state index contributed by atoms with van der Waals surface area (Å²) < 4.78 is 23.7. The van der Waals surface area contributed by atoms with Crippen LogP contribution in [-0.4, -0.2) is 64.6 Å². The van der Waals surface area contributed by atoms with Crippen molar-refractivity contribution in [3.05, 3.63) is 36.7 Å². The topological polar surface area (TPSA) is 62.7 Å². The van der Waals surface area contributed by atoms with Crippen molar-refractivity contribution < 1.29 is 18.9 Å². The molecule has 0 radical (unpaired) electrons. The van der Waals surface area contributed by atoms with Gasteiger partial charge in [0.15, 0.2) is 0 Å². The zero-order valence-corrected chi connectivity index (χ0v) is 16.8. The first-order valence-electron chi connectivity index (χ1n) is 9.09. The van der Waals surface area contributed by atoms with E-state index in [1.165, 1.54) is 0 Å². The maximum atomic E-state index is 6.13. The second kappa shape index (κ2) is 9.33. The summed E-state index contributed by atoms with van der Waals surface area (Å²) in [5.41, 5.74) is 1.63. The van der Waals surface area contributed by atoms with Crippen LogP contribution in [0.25, 0.3) is 21.8 Å². The molecule has 0 saturated carbocycles. The van der Waals surface area contributed by atoms with Crippen LogP contribution in [0.1, 0.15) is 0 Å². The molecule has 6 nitrogen and oxygen atoms in total. The Morgan fingerprint density at radius 2 is 1.19 bits per heavy atom. The first-order valence-corrected chi connectivity index (χ1v) is 11.5. The monoisotopic (exact) mass is 434 g/mol. The number of nitrogens with zero attached hydrogens (tertiary/aromatic N) is 2. The molecule has 27 heavy (non-hydrogen) atoms. The van der Waals surface area contributed by atoms with Gasteiger partial charge in [0.1, 0.15) is 0 Å². The first-order chi connectivity index (χ1) is 13.4. The van der Waals surface area contributed by atoms with Crippen molar-refractivity contribution in [2.45, 2.75) is 10.6 Å². The Morgan fingerprint density at radius 1 is 0.667 bits per heavy atom. The van der Waals surface area contributed by atoms with Crippen molar-refractivity contribution in [2.24, 2.45) is 0 Å². The number of hydrogen-bond donors (Lipinski definition) is 0. The second-order valence-corrected chi connectivity index (χ2v) is 8.56. The molecular formula is C20H22N2O4Se. The molecule has 7 heteroatoms. The van der Waals surface area contributed by atoms with Gasteiger partial charge < -0.3 is 0 Å². The summed E-state index contributed by atoms with van der Waals surface area (Å²) >= 11 is 0.564. The van der Waals surface area contributed by atoms with E-state index in [9.17, 15) is 0 Å². The average Bonchev–Trinajstić information content (AvgIpc) is 2.73. The van der Waals surface area contributed by atoms with E-state index in [1.54, 1.807) is 12.4 Å². The summed E-state index contributed by atoms with van der Waals surface area (Å²) in [4.78, 5) is 9.07. The van der Waals surface area contributed by atoms with Crippen molar-refractivity contribution in [2.75, 3.05) is 39.6 Å². The minimum absolute atomic E-state index is 0.468. The van der Waals surface area contributed by atoms with Crippen LogP contribution in [0.2, 0.25) is 10.6 Å². The van der Waals surface area contributed by atoms with Gasteiger partial charge in [0, 0.05) is 0 Å². The average molecular weight is 433 g/mol. The number of pyridine rings is 2. The number of fused-ring (bicyclic) bond motifs is 6. The SMILES string of the molecule is c1cnc2c(c1)c1c(c3cccnc32)OCCOCC[Se]CCOCCO1. The Bertz CT molecular complexity index is 833. The fourth-order valence-corrected chi connectivity index (χ4v) is 4.45. The summed E-state index contributed by atoms with van der Waals surface area (Å²) in [5, 5.41) is 4.00. The summed E-state index contributed by atoms with van der Waals surface area (Å²) in [6.07, 6.45) is 3.55. The van der Waals surface area contributed by atoms with E-state index in [4.69, 9.17) is 18.9 Å². The minimum atomic E-state index is 0.468. The van der Waals surface area contributed by atoms with Crippen LogP contribution >= 0.6 is 0 Å². The third-order valence-electron chi connectivity index (χ3n) is 4.23. The molecule has 3 aromatic rings.